The standard InChI is InChI=1S/C15H18F3NO3S/c1-20-10-4-5-19(8-10)14(23)9-6-11(15(16,17)18)13(22-3)12(7-9)21-2/h6-7,10H,4-5,8H2,1-3H3/t10-/m1/s1. The molecule has 4 nitrogen and oxygen atoms in total. The second-order valence-corrected chi connectivity index (χ2v) is 5.54. The van der Waals surface area contributed by atoms with E-state index in [2.05, 4.69) is 0 Å². The molecule has 1 aromatic rings. The predicted octanol–water partition coefficient (Wildman–Crippen LogP) is 3.12. The third-order valence-electron chi connectivity index (χ3n) is 3.80. The van der Waals surface area contributed by atoms with Gasteiger partial charge in [0.2, 0.25) is 0 Å². The molecule has 0 spiro atoms. The maximum atomic E-state index is 13.3. The molecule has 1 aliphatic heterocycles. The van der Waals surface area contributed by atoms with Crippen LogP contribution in [0.25, 0.3) is 0 Å². The molecule has 8 heteroatoms. The Labute approximate surface area is 138 Å². The fourth-order valence-electron chi connectivity index (χ4n) is 2.59. The molecule has 0 bridgehead atoms. The van der Waals surface area contributed by atoms with Gasteiger partial charge in [0, 0.05) is 25.8 Å². The van der Waals surface area contributed by atoms with E-state index in [9.17, 15) is 13.2 Å². The molecule has 1 fully saturated rings. The molecular formula is C15H18F3NO3S. The second kappa shape index (κ2) is 6.92. The van der Waals surface area contributed by atoms with Crippen LogP contribution in [0.2, 0.25) is 0 Å². The van der Waals surface area contributed by atoms with Crippen molar-refractivity contribution in [2.75, 3.05) is 34.4 Å². The average molecular weight is 349 g/mol. The van der Waals surface area contributed by atoms with E-state index in [4.69, 9.17) is 26.4 Å². The van der Waals surface area contributed by atoms with Crippen molar-refractivity contribution >= 4 is 17.2 Å². The summed E-state index contributed by atoms with van der Waals surface area (Å²) in [5.41, 5.74) is -0.624. The molecule has 1 aromatic carbocycles. The lowest BCUT2D eigenvalue weighted by Crippen LogP contribution is -2.29. The number of halogens is 3. The molecule has 0 unspecified atom stereocenters. The number of ether oxygens (including phenoxy) is 3. The van der Waals surface area contributed by atoms with Gasteiger partial charge >= 0.3 is 6.18 Å². The van der Waals surface area contributed by atoms with Gasteiger partial charge in [0.1, 0.15) is 10.6 Å². The number of thiocarbonyl (C=S) groups is 1. The van der Waals surface area contributed by atoms with E-state index in [1.165, 1.54) is 20.3 Å². The summed E-state index contributed by atoms with van der Waals surface area (Å²) in [6, 6.07) is 2.47. The van der Waals surface area contributed by atoms with Crippen LogP contribution in [0.1, 0.15) is 17.5 Å². The minimum absolute atomic E-state index is 0.00200. The number of methoxy groups -OCH3 is 3. The van der Waals surface area contributed by atoms with Gasteiger partial charge in [-0.25, -0.2) is 0 Å². The minimum atomic E-state index is -4.57. The molecule has 0 amide bonds. The van der Waals surface area contributed by atoms with E-state index in [-0.39, 0.29) is 23.2 Å². The van der Waals surface area contributed by atoms with Crippen LogP contribution in [-0.4, -0.2) is 50.4 Å². The van der Waals surface area contributed by atoms with Gasteiger partial charge < -0.3 is 19.1 Å². The summed E-state index contributed by atoms with van der Waals surface area (Å²) in [7, 11) is 4.08. The summed E-state index contributed by atoms with van der Waals surface area (Å²) in [5.74, 6) is -0.343. The van der Waals surface area contributed by atoms with E-state index in [0.717, 1.165) is 12.5 Å². The van der Waals surface area contributed by atoms with E-state index in [1.54, 1.807) is 7.11 Å². The van der Waals surface area contributed by atoms with Crippen LogP contribution in [0.5, 0.6) is 11.5 Å². The Morgan fingerprint density at radius 2 is 1.91 bits per heavy atom. The zero-order valence-corrected chi connectivity index (χ0v) is 13.9. The summed E-state index contributed by atoms with van der Waals surface area (Å²) >= 11 is 5.36. The SMILES string of the molecule is COc1cc(C(=S)N2CC[C@@H](OC)C2)cc(C(F)(F)F)c1OC. The van der Waals surface area contributed by atoms with Gasteiger partial charge in [0.15, 0.2) is 11.5 Å². The molecule has 23 heavy (non-hydrogen) atoms. The fourth-order valence-corrected chi connectivity index (χ4v) is 2.87. The van der Waals surface area contributed by atoms with Crippen molar-refractivity contribution in [2.24, 2.45) is 0 Å². The summed E-state index contributed by atoms with van der Waals surface area (Å²) in [6.45, 7) is 1.21. The molecule has 128 valence electrons. The first kappa shape index (κ1) is 17.8. The van der Waals surface area contributed by atoms with Crippen molar-refractivity contribution < 1.29 is 27.4 Å². The number of benzene rings is 1. The van der Waals surface area contributed by atoms with Crippen molar-refractivity contribution in [1.29, 1.82) is 0 Å². The number of nitrogens with zero attached hydrogens (tertiary/aromatic N) is 1. The lowest BCUT2D eigenvalue weighted by Gasteiger charge is -2.22. The maximum absolute atomic E-state index is 13.3. The molecule has 1 aliphatic rings. The Morgan fingerprint density at radius 1 is 1.22 bits per heavy atom. The molecule has 0 aliphatic carbocycles. The van der Waals surface area contributed by atoms with Gasteiger partial charge in [-0.15, -0.1) is 0 Å². The minimum Gasteiger partial charge on any atom is -0.493 e. The van der Waals surface area contributed by atoms with Gasteiger partial charge in [-0.2, -0.15) is 13.2 Å². The molecule has 2 rings (SSSR count). The maximum Gasteiger partial charge on any atom is 0.420 e. The summed E-state index contributed by atoms with van der Waals surface area (Å²) < 4.78 is 55.0. The lowest BCUT2D eigenvalue weighted by molar-refractivity contribution is -0.138. The first-order chi connectivity index (χ1) is 10.8. The monoisotopic (exact) mass is 349 g/mol. The van der Waals surface area contributed by atoms with Gasteiger partial charge in [0.25, 0.3) is 0 Å². The van der Waals surface area contributed by atoms with E-state index >= 15 is 0 Å². The van der Waals surface area contributed by atoms with Crippen molar-refractivity contribution in [3.05, 3.63) is 23.3 Å². The Bertz CT molecular complexity index is 592. The summed E-state index contributed by atoms with van der Waals surface area (Å²) in [5, 5.41) is 0. The number of hydrogen-bond acceptors (Lipinski definition) is 4. The number of rotatable bonds is 4. The quantitative estimate of drug-likeness (QED) is 0.780. The van der Waals surface area contributed by atoms with Gasteiger partial charge in [-0.1, -0.05) is 12.2 Å². The topological polar surface area (TPSA) is 30.9 Å². The molecule has 0 N–H and O–H groups in total. The van der Waals surface area contributed by atoms with Crippen LogP contribution < -0.4 is 9.47 Å². The summed E-state index contributed by atoms with van der Waals surface area (Å²) in [6.07, 6.45) is -3.74. The number of alkyl halides is 3. The van der Waals surface area contributed by atoms with Gasteiger partial charge in [0.05, 0.1) is 20.3 Å². The van der Waals surface area contributed by atoms with Crippen LogP contribution in [0.3, 0.4) is 0 Å². The van der Waals surface area contributed by atoms with Crippen LogP contribution in [0, 0.1) is 0 Å². The largest absolute Gasteiger partial charge is 0.493 e. The highest BCUT2D eigenvalue weighted by Gasteiger charge is 2.37. The average Bonchev–Trinajstić information content (AvgIpc) is 3.00. The zero-order valence-electron chi connectivity index (χ0n) is 13.1. The first-order valence-corrected chi connectivity index (χ1v) is 7.38. The summed E-state index contributed by atoms with van der Waals surface area (Å²) in [4.78, 5) is 2.18. The zero-order chi connectivity index (χ0) is 17.2. The highest BCUT2D eigenvalue weighted by Crippen LogP contribution is 2.42. The van der Waals surface area contributed by atoms with Crippen molar-refractivity contribution in [1.82, 2.24) is 4.90 Å². The number of likely N-dealkylation sites (tertiary alicyclic amines) is 1. The molecular weight excluding hydrogens is 331 g/mol. The normalized spacial score (nSPS) is 18.2. The van der Waals surface area contributed by atoms with Crippen LogP contribution in [0.4, 0.5) is 13.2 Å². The molecule has 0 saturated carbocycles. The van der Waals surface area contributed by atoms with Crippen molar-refractivity contribution in [3.63, 3.8) is 0 Å². The predicted molar refractivity (Wildman–Crippen MR) is 83.2 cm³/mol. The van der Waals surface area contributed by atoms with E-state index < -0.39 is 11.7 Å². The molecule has 1 heterocycles. The molecule has 0 radical (unpaired) electrons. The smallest absolute Gasteiger partial charge is 0.420 e. The van der Waals surface area contributed by atoms with Gasteiger partial charge in [-0.05, 0) is 18.6 Å². The van der Waals surface area contributed by atoms with Crippen LogP contribution >= 0.6 is 12.2 Å². The van der Waals surface area contributed by atoms with E-state index in [1.807, 2.05) is 4.90 Å². The van der Waals surface area contributed by atoms with Crippen LogP contribution in [0.15, 0.2) is 12.1 Å². The molecule has 1 atom stereocenters. The Balaban J connectivity index is 2.41. The Morgan fingerprint density at radius 3 is 2.39 bits per heavy atom. The third kappa shape index (κ3) is 3.69. The highest BCUT2D eigenvalue weighted by atomic mass is 32.1. The first-order valence-electron chi connectivity index (χ1n) is 6.97. The Hall–Kier alpha value is -1.54. The fraction of sp³-hybridized carbons (Fsp3) is 0.533. The van der Waals surface area contributed by atoms with E-state index in [0.29, 0.717) is 18.1 Å². The third-order valence-corrected chi connectivity index (χ3v) is 4.29. The Kier molecular flexibility index (Phi) is 5.36. The van der Waals surface area contributed by atoms with Crippen molar-refractivity contribution in [2.45, 2.75) is 18.7 Å². The van der Waals surface area contributed by atoms with Crippen LogP contribution in [-0.2, 0) is 10.9 Å². The molecule has 0 aromatic heterocycles. The lowest BCUT2D eigenvalue weighted by atomic mass is 10.1. The molecule has 1 saturated heterocycles. The number of hydrogen-bond donors (Lipinski definition) is 0. The van der Waals surface area contributed by atoms with Gasteiger partial charge in [-0.3, -0.25) is 0 Å². The van der Waals surface area contributed by atoms with Crippen molar-refractivity contribution in [3.8, 4) is 11.5 Å². The highest BCUT2D eigenvalue weighted by molar-refractivity contribution is 7.80. The second-order valence-electron chi connectivity index (χ2n) is 5.15.